The van der Waals surface area contributed by atoms with E-state index in [2.05, 4.69) is 7.81 Å². The van der Waals surface area contributed by atoms with Crippen molar-refractivity contribution in [2.75, 3.05) is 7.11 Å². The quantitative estimate of drug-likeness (QED) is 0.796. The Kier molecular flexibility index (Phi) is 4.63. The Morgan fingerprint density at radius 1 is 1.00 bits per heavy atom. The van der Waals surface area contributed by atoms with Crippen LogP contribution in [0.1, 0.15) is 0 Å². The molecule has 1 aromatic rings. The average molecular weight is 336 g/mol. The van der Waals surface area contributed by atoms with E-state index in [0.717, 1.165) is 24.3 Å². The lowest BCUT2D eigenvalue weighted by Gasteiger charge is -2.08. The zero-order valence-electron chi connectivity index (χ0n) is 9.62. The third kappa shape index (κ3) is 4.96. The van der Waals surface area contributed by atoms with Crippen molar-refractivity contribution in [3.05, 3.63) is 24.3 Å². The standard InChI is InChI=1S/C8H7F3O7S2/c1-16-6-2-4-7(5-3-6)19(12,13)18-20(14,15)17-8(9,10)11/h2-5H,1H3. The van der Waals surface area contributed by atoms with E-state index in [-0.39, 0.29) is 5.75 Å². The van der Waals surface area contributed by atoms with Gasteiger partial charge in [0.05, 0.1) is 12.0 Å². The predicted octanol–water partition coefficient (Wildman–Crippen LogP) is 1.18. The van der Waals surface area contributed by atoms with Gasteiger partial charge < -0.3 is 4.74 Å². The van der Waals surface area contributed by atoms with Gasteiger partial charge in [-0.25, -0.2) is 0 Å². The molecule has 0 unspecified atom stereocenters. The van der Waals surface area contributed by atoms with Crippen molar-refractivity contribution in [3.63, 3.8) is 0 Å². The molecule has 7 nitrogen and oxygen atoms in total. The second kappa shape index (κ2) is 5.55. The fourth-order valence-electron chi connectivity index (χ4n) is 1.02. The summed E-state index contributed by atoms with van der Waals surface area (Å²) in [6.07, 6.45) is -5.60. The number of benzene rings is 1. The molecule has 12 heteroatoms. The van der Waals surface area contributed by atoms with E-state index in [1.54, 1.807) is 0 Å². The molecule has 0 aliphatic heterocycles. The lowest BCUT2D eigenvalue weighted by molar-refractivity contribution is -0.274. The average Bonchev–Trinajstić information content (AvgIpc) is 2.24. The smallest absolute Gasteiger partial charge is 0.497 e. The van der Waals surface area contributed by atoms with Gasteiger partial charge in [-0.2, -0.15) is 16.8 Å². The van der Waals surface area contributed by atoms with Crippen LogP contribution in [0.15, 0.2) is 29.2 Å². The number of ether oxygens (including phenoxy) is 1. The Hall–Kier alpha value is -1.37. The molecule has 0 N–H and O–H groups in total. The first-order valence-corrected chi connectivity index (χ1v) is 7.32. The maximum absolute atomic E-state index is 11.7. The van der Waals surface area contributed by atoms with Gasteiger partial charge >= 0.3 is 26.9 Å². The van der Waals surface area contributed by atoms with Gasteiger partial charge in [0.1, 0.15) is 5.75 Å². The highest BCUT2D eigenvalue weighted by molar-refractivity contribution is 7.97. The monoisotopic (exact) mass is 336 g/mol. The molecule has 0 amide bonds. The van der Waals surface area contributed by atoms with Crippen LogP contribution in [0.2, 0.25) is 0 Å². The van der Waals surface area contributed by atoms with Crippen molar-refractivity contribution >= 4 is 20.5 Å². The summed E-state index contributed by atoms with van der Waals surface area (Å²) in [7, 11) is -9.50. The first-order valence-electron chi connectivity index (χ1n) is 4.58. The number of rotatable bonds is 5. The van der Waals surface area contributed by atoms with Gasteiger partial charge in [-0.15, -0.1) is 21.0 Å². The Balaban J connectivity index is 3.00. The maximum atomic E-state index is 11.7. The fraction of sp³-hybridized carbons (Fsp3) is 0.250. The maximum Gasteiger partial charge on any atom is 0.538 e. The number of alkyl halides is 3. The first kappa shape index (κ1) is 16.7. The molecule has 0 aromatic heterocycles. The van der Waals surface area contributed by atoms with Crippen LogP contribution in [-0.4, -0.2) is 30.3 Å². The Morgan fingerprint density at radius 2 is 1.50 bits per heavy atom. The Morgan fingerprint density at radius 3 is 1.90 bits per heavy atom. The highest BCUT2D eigenvalue weighted by atomic mass is 32.3. The summed E-state index contributed by atoms with van der Waals surface area (Å²) in [5.41, 5.74) is 0. The summed E-state index contributed by atoms with van der Waals surface area (Å²) in [5, 5.41) is 0. The SMILES string of the molecule is COc1ccc(S(=O)(=O)OS(=O)(=O)OC(F)(F)F)cc1. The van der Waals surface area contributed by atoms with Gasteiger partial charge in [0.15, 0.2) is 0 Å². The molecule has 0 aliphatic rings. The molecule has 114 valence electrons. The van der Waals surface area contributed by atoms with E-state index in [9.17, 15) is 30.0 Å². The third-order valence-corrected chi connectivity index (χ3v) is 4.34. The summed E-state index contributed by atoms with van der Waals surface area (Å²) in [6.45, 7) is 0. The van der Waals surface area contributed by atoms with Crippen LogP contribution in [0.3, 0.4) is 0 Å². The topological polar surface area (TPSA) is 96.0 Å². The van der Waals surface area contributed by atoms with Crippen molar-refractivity contribution < 1.29 is 42.6 Å². The van der Waals surface area contributed by atoms with E-state index in [4.69, 9.17) is 4.74 Å². The highest BCUT2D eigenvalue weighted by Crippen LogP contribution is 2.24. The summed E-state index contributed by atoms with van der Waals surface area (Å²) in [6, 6.07) is 4.06. The molecule has 0 atom stereocenters. The number of methoxy groups -OCH3 is 1. The van der Waals surface area contributed by atoms with E-state index in [1.165, 1.54) is 7.11 Å². The molecular weight excluding hydrogens is 329 g/mol. The van der Waals surface area contributed by atoms with Gasteiger partial charge in [0.25, 0.3) is 0 Å². The van der Waals surface area contributed by atoms with Crippen molar-refractivity contribution in [1.82, 2.24) is 0 Å². The molecule has 0 bridgehead atoms. The molecule has 0 saturated carbocycles. The molecule has 1 rings (SSSR count). The van der Waals surface area contributed by atoms with Crippen molar-refractivity contribution in [2.24, 2.45) is 0 Å². The summed E-state index contributed by atoms with van der Waals surface area (Å²) < 4.78 is 90.4. The minimum atomic E-state index is -5.81. The second-order valence-electron chi connectivity index (χ2n) is 3.14. The van der Waals surface area contributed by atoms with Crippen LogP contribution in [0.25, 0.3) is 0 Å². The molecule has 1 aromatic carbocycles. The number of hydrogen-bond donors (Lipinski definition) is 0. The normalized spacial score (nSPS) is 13.2. The Labute approximate surface area is 112 Å². The van der Waals surface area contributed by atoms with Crippen molar-refractivity contribution in [1.29, 1.82) is 0 Å². The van der Waals surface area contributed by atoms with Crippen LogP contribution in [-0.2, 0) is 28.3 Å². The van der Waals surface area contributed by atoms with E-state index in [1.807, 2.05) is 0 Å². The van der Waals surface area contributed by atoms with Crippen LogP contribution < -0.4 is 4.74 Å². The van der Waals surface area contributed by atoms with Crippen molar-refractivity contribution in [3.8, 4) is 5.75 Å². The van der Waals surface area contributed by atoms with E-state index in [0.29, 0.717) is 0 Å². The summed E-state index contributed by atoms with van der Waals surface area (Å²) in [4.78, 5) is -0.687. The second-order valence-corrected chi connectivity index (χ2v) is 6.04. The molecule has 0 spiro atoms. The molecule has 0 heterocycles. The van der Waals surface area contributed by atoms with Crippen LogP contribution in [0.4, 0.5) is 13.2 Å². The molecule has 0 radical (unpaired) electrons. The van der Waals surface area contributed by atoms with Gasteiger partial charge in [-0.3, -0.25) is 0 Å². The van der Waals surface area contributed by atoms with Gasteiger partial charge in [0.2, 0.25) is 0 Å². The summed E-state index contributed by atoms with van der Waals surface area (Å²) in [5.74, 6) is 0.248. The van der Waals surface area contributed by atoms with E-state index < -0.39 is 31.8 Å². The molecule has 0 saturated heterocycles. The predicted molar refractivity (Wildman–Crippen MR) is 57.3 cm³/mol. The minimum absolute atomic E-state index is 0.248. The largest absolute Gasteiger partial charge is 0.538 e. The highest BCUT2D eigenvalue weighted by Gasteiger charge is 2.40. The number of hydrogen-bond acceptors (Lipinski definition) is 7. The molecular formula is C8H7F3O7S2. The summed E-state index contributed by atoms with van der Waals surface area (Å²) >= 11 is 0. The molecule has 0 aliphatic carbocycles. The zero-order valence-corrected chi connectivity index (χ0v) is 11.3. The van der Waals surface area contributed by atoms with Gasteiger partial charge in [-0.1, -0.05) is 0 Å². The third-order valence-electron chi connectivity index (χ3n) is 1.72. The Bertz CT molecular complexity index is 661. The molecule has 20 heavy (non-hydrogen) atoms. The van der Waals surface area contributed by atoms with Gasteiger partial charge in [0, 0.05) is 0 Å². The lowest BCUT2D eigenvalue weighted by atomic mass is 10.3. The van der Waals surface area contributed by atoms with Gasteiger partial charge in [-0.05, 0) is 24.3 Å². The van der Waals surface area contributed by atoms with E-state index >= 15 is 0 Å². The lowest BCUT2D eigenvalue weighted by Crippen LogP contribution is -2.24. The first-order chi connectivity index (χ1) is 8.95. The van der Waals surface area contributed by atoms with Crippen LogP contribution >= 0.6 is 0 Å². The zero-order chi connectivity index (χ0) is 15.6. The minimum Gasteiger partial charge on any atom is -0.497 e. The van der Waals surface area contributed by atoms with Crippen LogP contribution in [0, 0.1) is 0 Å². The van der Waals surface area contributed by atoms with Crippen molar-refractivity contribution in [2.45, 2.75) is 11.3 Å². The fourth-order valence-corrected chi connectivity index (χ4v) is 3.02. The van der Waals surface area contributed by atoms with Crippen LogP contribution in [0.5, 0.6) is 5.75 Å². The molecule has 0 fully saturated rings. The number of halogens is 3.